The number of aliphatic carboxylic acids is 1. The third-order valence-corrected chi connectivity index (χ3v) is 6.64. The Morgan fingerprint density at radius 2 is 1.62 bits per heavy atom. The second-order valence-electron chi connectivity index (χ2n) is 8.50. The Morgan fingerprint density at radius 3 is 2.21 bits per heavy atom. The van der Waals surface area contributed by atoms with E-state index in [9.17, 15) is 19.5 Å². The van der Waals surface area contributed by atoms with Gasteiger partial charge < -0.3 is 20.5 Å². The van der Waals surface area contributed by atoms with Crippen LogP contribution in [0, 0.1) is 0 Å². The van der Waals surface area contributed by atoms with Crippen molar-refractivity contribution in [2.75, 3.05) is 18.6 Å². The van der Waals surface area contributed by atoms with E-state index in [1.807, 2.05) is 37.4 Å². The summed E-state index contributed by atoms with van der Waals surface area (Å²) in [4.78, 5) is 35.7. The van der Waals surface area contributed by atoms with E-state index in [1.54, 1.807) is 11.8 Å². The predicted octanol–water partition coefficient (Wildman–Crippen LogP) is 4.41. The van der Waals surface area contributed by atoms with Gasteiger partial charge in [0.2, 0.25) is 5.91 Å². The molecule has 182 valence electrons. The summed E-state index contributed by atoms with van der Waals surface area (Å²) in [6, 6.07) is 15.3. The fraction of sp³-hybridized carbons (Fsp3) is 0.423. The number of rotatable bonds is 12. The average Bonchev–Trinajstić information content (AvgIpc) is 3.14. The molecule has 0 heterocycles. The molecule has 34 heavy (non-hydrogen) atoms. The number of carboxylic acid groups (broad SMARTS) is 1. The first kappa shape index (κ1) is 25.6. The van der Waals surface area contributed by atoms with Gasteiger partial charge in [0.25, 0.3) is 0 Å². The maximum absolute atomic E-state index is 12.4. The quantitative estimate of drug-likeness (QED) is 0.412. The Morgan fingerprint density at radius 1 is 1.00 bits per heavy atom. The van der Waals surface area contributed by atoms with Crippen LogP contribution >= 0.6 is 11.8 Å². The van der Waals surface area contributed by atoms with Gasteiger partial charge in [0, 0.05) is 18.4 Å². The number of alkyl carbamates (subject to hydrolysis) is 1. The van der Waals surface area contributed by atoms with E-state index >= 15 is 0 Å². The highest BCUT2D eigenvalue weighted by molar-refractivity contribution is 7.98. The Hall–Kier alpha value is -3.00. The van der Waals surface area contributed by atoms with Crippen LogP contribution in [0.3, 0.4) is 0 Å². The predicted molar refractivity (Wildman–Crippen MR) is 134 cm³/mol. The molecule has 3 N–H and O–H groups in total. The first-order valence-corrected chi connectivity index (χ1v) is 12.9. The second-order valence-corrected chi connectivity index (χ2v) is 9.49. The molecule has 0 radical (unpaired) electrons. The minimum Gasteiger partial charge on any atom is -0.480 e. The number of ether oxygens (including phenoxy) is 1. The van der Waals surface area contributed by atoms with Crippen molar-refractivity contribution in [1.29, 1.82) is 0 Å². The van der Waals surface area contributed by atoms with Crippen molar-refractivity contribution in [2.24, 2.45) is 0 Å². The molecule has 7 nitrogen and oxygen atoms in total. The highest BCUT2D eigenvalue weighted by atomic mass is 32.2. The van der Waals surface area contributed by atoms with Crippen molar-refractivity contribution in [1.82, 2.24) is 10.6 Å². The number of hydrogen-bond donors (Lipinski definition) is 3. The van der Waals surface area contributed by atoms with Crippen LogP contribution < -0.4 is 10.6 Å². The number of benzene rings is 2. The number of fused-ring (bicyclic) bond motifs is 3. The van der Waals surface area contributed by atoms with Gasteiger partial charge in [-0.15, -0.1) is 0 Å². The van der Waals surface area contributed by atoms with Crippen molar-refractivity contribution >= 4 is 29.7 Å². The number of nitrogens with one attached hydrogen (secondary N) is 2. The number of carbonyl (C=O) groups excluding carboxylic acids is 2. The molecule has 8 heteroatoms. The molecule has 2 atom stereocenters. The monoisotopic (exact) mass is 484 g/mol. The SMILES string of the molecule is CSCC[C@H](NC(=O)CCCC(C)NC(=O)OCC1c2ccccc2-c2ccccc21)C(=O)O. The van der Waals surface area contributed by atoms with E-state index in [-0.39, 0.29) is 30.9 Å². The summed E-state index contributed by atoms with van der Waals surface area (Å²) >= 11 is 1.54. The molecule has 1 aliphatic rings. The number of carbonyl (C=O) groups is 3. The first-order valence-electron chi connectivity index (χ1n) is 11.5. The lowest BCUT2D eigenvalue weighted by Crippen LogP contribution is -2.41. The van der Waals surface area contributed by atoms with Crippen LogP contribution in [0.1, 0.15) is 49.7 Å². The molecular weight excluding hydrogens is 452 g/mol. The number of thioether (sulfide) groups is 1. The minimum atomic E-state index is -1.02. The van der Waals surface area contributed by atoms with Crippen LogP contribution in [0.5, 0.6) is 0 Å². The summed E-state index contributed by atoms with van der Waals surface area (Å²) in [5.74, 6) is -0.641. The van der Waals surface area contributed by atoms with Gasteiger partial charge in [0.15, 0.2) is 0 Å². The summed E-state index contributed by atoms with van der Waals surface area (Å²) in [6.07, 6.45) is 3.13. The molecule has 1 aliphatic carbocycles. The third kappa shape index (κ3) is 6.76. The highest BCUT2D eigenvalue weighted by Gasteiger charge is 2.29. The molecule has 0 saturated carbocycles. The van der Waals surface area contributed by atoms with Crippen LogP contribution in [0.4, 0.5) is 4.79 Å². The van der Waals surface area contributed by atoms with Crippen molar-refractivity contribution in [2.45, 2.75) is 50.6 Å². The van der Waals surface area contributed by atoms with Crippen molar-refractivity contribution in [3.05, 3.63) is 59.7 Å². The van der Waals surface area contributed by atoms with E-state index in [0.29, 0.717) is 25.0 Å². The fourth-order valence-corrected chi connectivity index (χ4v) is 4.71. The molecule has 0 aromatic heterocycles. The largest absolute Gasteiger partial charge is 0.480 e. The normalized spacial score (nSPS) is 13.9. The summed E-state index contributed by atoms with van der Waals surface area (Å²) < 4.78 is 5.56. The van der Waals surface area contributed by atoms with Gasteiger partial charge in [-0.3, -0.25) is 4.79 Å². The zero-order valence-corrected chi connectivity index (χ0v) is 20.4. The van der Waals surface area contributed by atoms with E-state index in [0.717, 1.165) is 11.1 Å². The van der Waals surface area contributed by atoms with Crippen LogP contribution in [0.15, 0.2) is 48.5 Å². The Bertz CT molecular complexity index is 967. The number of amides is 2. The maximum Gasteiger partial charge on any atom is 0.407 e. The number of hydrogen-bond acceptors (Lipinski definition) is 5. The molecule has 0 spiro atoms. The van der Waals surface area contributed by atoms with E-state index < -0.39 is 18.1 Å². The lowest BCUT2D eigenvalue weighted by Gasteiger charge is -2.17. The Balaban J connectivity index is 1.41. The molecule has 1 unspecified atom stereocenters. The van der Waals surface area contributed by atoms with Crippen LogP contribution in [0.2, 0.25) is 0 Å². The molecule has 2 aromatic carbocycles. The summed E-state index contributed by atoms with van der Waals surface area (Å²) in [5, 5.41) is 14.6. The molecular formula is C26H32N2O5S. The first-order chi connectivity index (χ1) is 16.4. The van der Waals surface area contributed by atoms with E-state index in [1.165, 1.54) is 11.1 Å². The lowest BCUT2D eigenvalue weighted by atomic mass is 9.98. The standard InChI is InChI=1S/C26H32N2O5S/c1-17(8-7-13-24(29)28-23(25(30)31)14-15-34-2)27-26(32)33-16-22-20-11-5-3-9-18(20)19-10-4-6-12-21(19)22/h3-6,9-12,17,22-23H,7-8,13-16H2,1-2H3,(H,27,32)(H,28,29)(H,30,31)/t17?,23-/m0/s1. The zero-order valence-electron chi connectivity index (χ0n) is 19.6. The molecule has 2 aromatic rings. The third-order valence-electron chi connectivity index (χ3n) is 5.99. The second kappa shape index (κ2) is 12.5. The van der Waals surface area contributed by atoms with Crippen molar-refractivity contribution < 1.29 is 24.2 Å². The summed E-state index contributed by atoms with van der Waals surface area (Å²) in [6.45, 7) is 2.11. The smallest absolute Gasteiger partial charge is 0.407 e. The van der Waals surface area contributed by atoms with Gasteiger partial charge in [-0.05, 0) is 60.4 Å². The lowest BCUT2D eigenvalue weighted by molar-refractivity contribution is -0.141. The van der Waals surface area contributed by atoms with Crippen LogP contribution in [0.25, 0.3) is 11.1 Å². The van der Waals surface area contributed by atoms with Gasteiger partial charge in [0.1, 0.15) is 12.6 Å². The topological polar surface area (TPSA) is 105 Å². The summed E-state index contributed by atoms with van der Waals surface area (Å²) in [7, 11) is 0. The molecule has 0 saturated heterocycles. The summed E-state index contributed by atoms with van der Waals surface area (Å²) in [5.41, 5.74) is 4.68. The van der Waals surface area contributed by atoms with Crippen LogP contribution in [-0.2, 0) is 14.3 Å². The van der Waals surface area contributed by atoms with Gasteiger partial charge in [-0.25, -0.2) is 9.59 Å². The minimum absolute atomic E-state index is 0.00504. The highest BCUT2D eigenvalue weighted by Crippen LogP contribution is 2.44. The van der Waals surface area contributed by atoms with Crippen molar-refractivity contribution in [3.8, 4) is 11.1 Å². The maximum atomic E-state index is 12.4. The van der Waals surface area contributed by atoms with E-state index in [2.05, 4.69) is 34.9 Å². The van der Waals surface area contributed by atoms with Crippen molar-refractivity contribution in [3.63, 3.8) is 0 Å². The molecule has 0 fully saturated rings. The fourth-order valence-electron chi connectivity index (χ4n) is 4.24. The molecule has 0 aliphatic heterocycles. The molecule has 0 bridgehead atoms. The Kier molecular flexibility index (Phi) is 9.39. The van der Waals surface area contributed by atoms with Gasteiger partial charge >= 0.3 is 12.1 Å². The molecule has 3 rings (SSSR count). The number of carboxylic acids is 1. The average molecular weight is 485 g/mol. The van der Waals surface area contributed by atoms with Crippen LogP contribution in [-0.4, -0.2) is 53.8 Å². The Labute approximate surface area is 204 Å². The van der Waals surface area contributed by atoms with Gasteiger partial charge in [0.05, 0.1) is 0 Å². The van der Waals surface area contributed by atoms with E-state index in [4.69, 9.17) is 4.74 Å². The van der Waals surface area contributed by atoms with Gasteiger partial charge in [-0.1, -0.05) is 48.5 Å². The molecule has 2 amide bonds. The zero-order chi connectivity index (χ0) is 24.5. The van der Waals surface area contributed by atoms with Gasteiger partial charge in [-0.2, -0.15) is 11.8 Å².